The van der Waals surface area contributed by atoms with E-state index in [1.807, 2.05) is 31.2 Å². The molecule has 0 spiro atoms. The highest BCUT2D eigenvalue weighted by molar-refractivity contribution is 7.92. The summed E-state index contributed by atoms with van der Waals surface area (Å²) in [7, 11) is -3.35. The zero-order valence-corrected chi connectivity index (χ0v) is 19.2. The molecule has 7 nitrogen and oxygen atoms in total. The van der Waals surface area contributed by atoms with E-state index in [2.05, 4.69) is 44.5 Å². The molecule has 1 saturated heterocycles. The van der Waals surface area contributed by atoms with E-state index in [9.17, 15) is 8.42 Å². The van der Waals surface area contributed by atoms with Crippen LogP contribution in [-0.4, -0.2) is 51.7 Å². The topological polar surface area (TPSA) is 85.8 Å². The van der Waals surface area contributed by atoms with Gasteiger partial charge in [0, 0.05) is 13.1 Å². The van der Waals surface area contributed by atoms with Crippen LogP contribution in [-0.2, 0) is 16.6 Å². The molecule has 1 atom stereocenters. The Morgan fingerprint density at radius 3 is 2.39 bits per heavy atom. The van der Waals surface area contributed by atoms with Crippen molar-refractivity contribution in [3.8, 4) is 0 Å². The van der Waals surface area contributed by atoms with Gasteiger partial charge in [-0.25, -0.2) is 13.4 Å². The van der Waals surface area contributed by atoms with Gasteiger partial charge in [-0.1, -0.05) is 48.5 Å². The number of rotatable bonds is 9. The van der Waals surface area contributed by atoms with Crippen molar-refractivity contribution in [2.45, 2.75) is 32.4 Å². The Morgan fingerprint density at radius 2 is 1.71 bits per heavy atom. The first kappa shape index (κ1) is 23.1. The van der Waals surface area contributed by atoms with Crippen LogP contribution in [0, 0.1) is 0 Å². The SMILES string of the molecule is CCNC(=NCc1ccccc1NS(C)(=O)=O)NCC(c1ccccc1)N1CCCC1. The molecule has 0 amide bonds. The van der Waals surface area contributed by atoms with Crippen LogP contribution in [0.15, 0.2) is 59.6 Å². The van der Waals surface area contributed by atoms with Crippen LogP contribution in [0.1, 0.15) is 36.9 Å². The highest BCUT2D eigenvalue weighted by atomic mass is 32.2. The molecule has 3 rings (SSSR count). The molecule has 1 aliphatic rings. The van der Waals surface area contributed by atoms with Gasteiger partial charge >= 0.3 is 0 Å². The summed E-state index contributed by atoms with van der Waals surface area (Å²) >= 11 is 0. The third kappa shape index (κ3) is 7.25. The molecule has 1 fully saturated rings. The maximum absolute atomic E-state index is 11.7. The summed E-state index contributed by atoms with van der Waals surface area (Å²) in [5.74, 6) is 0.719. The minimum absolute atomic E-state index is 0.284. The smallest absolute Gasteiger partial charge is 0.229 e. The van der Waals surface area contributed by atoms with Crippen LogP contribution in [0.4, 0.5) is 5.69 Å². The number of nitrogens with one attached hydrogen (secondary N) is 3. The van der Waals surface area contributed by atoms with Crippen LogP contribution < -0.4 is 15.4 Å². The average molecular weight is 444 g/mol. The molecule has 0 aromatic heterocycles. The van der Waals surface area contributed by atoms with Crippen molar-refractivity contribution in [1.29, 1.82) is 0 Å². The van der Waals surface area contributed by atoms with Gasteiger partial charge in [0.25, 0.3) is 0 Å². The first-order valence-corrected chi connectivity index (χ1v) is 12.7. The van der Waals surface area contributed by atoms with Crippen molar-refractivity contribution >= 4 is 21.7 Å². The number of hydrogen-bond donors (Lipinski definition) is 3. The summed E-state index contributed by atoms with van der Waals surface area (Å²) in [5.41, 5.74) is 2.68. The van der Waals surface area contributed by atoms with Crippen LogP contribution in [0.3, 0.4) is 0 Å². The number of benzene rings is 2. The van der Waals surface area contributed by atoms with E-state index in [0.717, 1.165) is 44.0 Å². The Bertz CT molecular complexity index is 957. The summed E-state index contributed by atoms with van der Waals surface area (Å²) in [6.07, 6.45) is 3.63. The second kappa shape index (κ2) is 11.2. The molecule has 8 heteroatoms. The van der Waals surface area contributed by atoms with E-state index < -0.39 is 10.0 Å². The predicted octanol–water partition coefficient (Wildman–Crippen LogP) is 2.95. The van der Waals surface area contributed by atoms with E-state index in [1.54, 1.807) is 6.07 Å². The van der Waals surface area contributed by atoms with Crippen molar-refractivity contribution in [2.75, 3.05) is 37.2 Å². The van der Waals surface area contributed by atoms with Crippen LogP contribution >= 0.6 is 0 Å². The van der Waals surface area contributed by atoms with Crippen molar-refractivity contribution in [1.82, 2.24) is 15.5 Å². The number of guanidine groups is 1. The molecule has 31 heavy (non-hydrogen) atoms. The van der Waals surface area contributed by atoms with Gasteiger partial charge in [-0.2, -0.15) is 0 Å². The maximum atomic E-state index is 11.7. The quantitative estimate of drug-likeness (QED) is 0.410. The van der Waals surface area contributed by atoms with Gasteiger partial charge in [-0.05, 0) is 50.0 Å². The van der Waals surface area contributed by atoms with Gasteiger partial charge in [0.05, 0.1) is 24.5 Å². The molecule has 168 valence electrons. The molecule has 3 N–H and O–H groups in total. The molecular formula is C23H33N5O2S. The lowest BCUT2D eigenvalue weighted by atomic mass is 10.1. The summed E-state index contributed by atoms with van der Waals surface area (Å²) in [4.78, 5) is 7.23. The first-order chi connectivity index (χ1) is 15.0. The number of aliphatic imine (C=N–C) groups is 1. The van der Waals surface area contributed by atoms with Crippen LogP contribution in [0.5, 0.6) is 0 Å². The van der Waals surface area contributed by atoms with E-state index in [0.29, 0.717) is 12.2 Å². The van der Waals surface area contributed by atoms with Crippen LogP contribution in [0.2, 0.25) is 0 Å². The monoisotopic (exact) mass is 443 g/mol. The number of likely N-dealkylation sites (tertiary alicyclic amines) is 1. The van der Waals surface area contributed by atoms with Crippen LogP contribution in [0.25, 0.3) is 0 Å². The molecule has 0 saturated carbocycles. The number of anilines is 1. The zero-order valence-electron chi connectivity index (χ0n) is 18.3. The Labute approximate surface area is 186 Å². The number of sulfonamides is 1. The van der Waals surface area contributed by atoms with Crippen molar-refractivity contribution in [2.24, 2.45) is 4.99 Å². The standard InChI is InChI=1S/C23H33N5O2S/c1-3-24-23(25-17-20-13-7-8-14-21(20)27-31(2,29)30)26-18-22(28-15-9-10-16-28)19-11-5-4-6-12-19/h4-8,11-14,22,27H,3,9-10,15-18H2,1-2H3,(H2,24,25,26). The third-order valence-electron chi connectivity index (χ3n) is 5.29. The average Bonchev–Trinajstić information content (AvgIpc) is 3.27. The molecule has 0 aliphatic carbocycles. The van der Waals surface area contributed by atoms with Crippen molar-refractivity contribution in [3.05, 3.63) is 65.7 Å². The van der Waals surface area contributed by atoms with Gasteiger partial charge in [0.1, 0.15) is 0 Å². The first-order valence-electron chi connectivity index (χ1n) is 10.8. The Hall–Kier alpha value is -2.58. The molecular weight excluding hydrogens is 410 g/mol. The van der Waals surface area contributed by atoms with E-state index in [-0.39, 0.29) is 6.04 Å². The van der Waals surface area contributed by atoms with E-state index in [4.69, 9.17) is 4.99 Å². The second-order valence-electron chi connectivity index (χ2n) is 7.78. The molecule has 0 bridgehead atoms. The normalized spacial score (nSPS) is 16.1. The maximum Gasteiger partial charge on any atom is 0.229 e. The lowest BCUT2D eigenvalue weighted by Gasteiger charge is -2.29. The summed E-state index contributed by atoms with van der Waals surface area (Å²) in [6, 6.07) is 18.2. The fourth-order valence-electron chi connectivity index (χ4n) is 3.84. The zero-order chi connectivity index (χ0) is 22.1. The van der Waals surface area contributed by atoms with Gasteiger partial charge in [-0.3, -0.25) is 9.62 Å². The van der Waals surface area contributed by atoms with E-state index >= 15 is 0 Å². The number of para-hydroxylation sites is 1. The molecule has 1 unspecified atom stereocenters. The Morgan fingerprint density at radius 1 is 1.03 bits per heavy atom. The fraction of sp³-hybridized carbons (Fsp3) is 0.435. The van der Waals surface area contributed by atoms with Crippen molar-refractivity contribution in [3.63, 3.8) is 0 Å². The van der Waals surface area contributed by atoms with Crippen molar-refractivity contribution < 1.29 is 8.42 Å². The fourth-order valence-corrected chi connectivity index (χ4v) is 4.44. The van der Waals surface area contributed by atoms with Gasteiger partial charge < -0.3 is 10.6 Å². The predicted molar refractivity (Wildman–Crippen MR) is 128 cm³/mol. The lowest BCUT2D eigenvalue weighted by Crippen LogP contribution is -2.42. The molecule has 2 aromatic rings. The molecule has 2 aromatic carbocycles. The Kier molecular flexibility index (Phi) is 8.31. The Balaban J connectivity index is 1.72. The third-order valence-corrected chi connectivity index (χ3v) is 5.88. The second-order valence-corrected chi connectivity index (χ2v) is 9.53. The molecule has 0 radical (unpaired) electrons. The minimum Gasteiger partial charge on any atom is -0.357 e. The highest BCUT2D eigenvalue weighted by Crippen LogP contribution is 2.24. The minimum atomic E-state index is -3.35. The number of nitrogens with zero attached hydrogens (tertiary/aromatic N) is 2. The molecule has 1 heterocycles. The van der Waals surface area contributed by atoms with E-state index in [1.165, 1.54) is 18.4 Å². The number of hydrogen-bond acceptors (Lipinski definition) is 4. The summed E-state index contributed by atoms with van der Waals surface area (Å²) in [5, 5.41) is 6.79. The largest absolute Gasteiger partial charge is 0.357 e. The summed E-state index contributed by atoms with van der Waals surface area (Å²) in [6.45, 7) is 6.12. The lowest BCUT2D eigenvalue weighted by molar-refractivity contribution is 0.245. The molecule has 1 aliphatic heterocycles. The van der Waals surface area contributed by atoms with Gasteiger partial charge in [0.2, 0.25) is 10.0 Å². The van der Waals surface area contributed by atoms with Gasteiger partial charge in [-0.15, -0.1) is 0 Å². The summed E-state index contributed by atoms with van der Waals surface area (Å²) < 4.78 is 25.9. The van der Waals surface area contributed by atoms with Gasteiger partial charge in [0.15, 0.2) is 5.96 Å². The highest BCUT2D eigenvalue weighted by Gasteiger charge is 2.23.